The summed E-state index contributed by atoms with van der Waals surface area (Å²) in [6.45, 7) is 8.50. The molecule has 8 heteroatoms. The number of aryl methyl sites for hydroxylation is 1. The molecule has 1 saturated carbocycles. The van der Waals surface area contributed by atoms with Crippen molar-refractivity contribution in [2.24, 2.45) is 0 Å². The quantitative estimate of drug-likeness (QED) is 0.616. The minimum atomic E-state index is -2.43. The van der Waals surface area contributed by atoms with E-state index in [2.05, 4.69) is 10.6 Å². The molecule has 0 bridgehead atoms. The summed E-state index contributed by atoms with van der Waals surface area (Å²) in [5.41, 5.74) is 2.93. The molecule has 2 aliphatic rings. The van der Waals surface area contributed by atoms with Gasteiger partial charge in [-0.3, -0.25) is 19.7 Å². The van der Waals surface area contributed by atoms with E-state index in [0.717, 1.165) is 23.1 Å². The largest absolute Gasteiger partial charge is 0.332 e. The number of carbonyl (C=O) groups is 3. The van der Waals surface area contributed by atoms with Crippen molar-refractivity contribution in [2.45, 2.75) is 96.8 Å². The van der Waals surface area contributed by atoms with Crippen molar-refractivity contribution in [2.75, 3.05) is 0 Å². The van der Waals surface area contributed by atoms with Crippen LogP contribution in [-0.4, -0.2) is 47.2 Å². The van der Waals surface area contributed by atoms with Gasteiger partial charge in [-0.25, -0.2) is 8.78 Å². The fourth-order valence-electron chi connectivity index (χ4n) is 4.25. The number of benzene rings is 1. The lowest BCUT2D eigenvalue weighted by Crippen LogP contribution is -2.42. The van der Waals surface area contributed by atoms with E-state index in [9.17, 15) is 23.2 Å². The van der Waals surface area contributed by atoms with Gasteiger partial charge in [0.05, 0.1) is 0 Å². The minimum absolute atomic E-state index is 0.0169. The molecule has 2 N–H and O–H groups in total. The van der Waals surface area contributed by atoms with Crippen LogP contribution in [0.25, 0.3) is 0 Å². The maximum atomic E-state index is 12.9. The van der Waals surface area contributed by atoms with E-state index in [1.807, 2.05) is 45.9 Å². The third-order valence-electron chi connectivity index (χ3n) is 5.84. The van der Waals surface area contributed by atoms with Crippen LogP contribution in [0.4, 0.5) is 8.78 Å². The van der Waals surface area contributed by atoms with Crippen molar-refractivity contribution in [1.82, 2.24) is 15.5 Å². The molecule has 2 unspecified atom stereocenters. The summed E-state index contributed by atoms with van der Waals surface area (Å²) in [6.07, 6.45) is 2.80. The predicted molar refractivity (Wildman–Crippen MR) is 119 cm³/mol. The highest BCUT2D eigenvalue weighted by Crippen LogP contribution is 2.33. The van der Waals surface area contributed by atoms with Gasteiger partial charge in [0.15, 0.2) is 0 Å². The molecule has 3 amide bonds. The van der Waals surface area contributed by atoms with Crippen LogP contribution >= 0.6 is 0 Å². The number of alkyl halides is 2. The SMILES string of the molecule is CC(C)NC1CCCC(F)(F)C1.Cc1ccc2c(c1)CN(C(C)CCC(=O)NC=O)C2=O. The van der Waals surface area contributed by atoms with E-state index in [-0.39, 0.29) is 43.2 Å². The van der Waals surface area contributed by atoms with E-state index in [0.29, 0.717) is 31.8 Å². The highest BCUT2D eigenvalue weighted by Gasteiger charge is 2.36. The molecule has 0 spiro atoms. The Morgan fingerprint density at radius 2 is 2.03 bits per heavy atom. The van der Waals surface area contributed by atoms with E-state index in [1.54, 1.807) is 4.90 Å². The third kappa shape index (κ3) is 7.65. The van der Waals surface area contributed by atoms with Crippen LogP contribution in [0, 0.1) is 6.92 Å². The second-order valence-corrected chi connectivity index (χ2v) is 9.14. The first-order chi connectivity index (χ1) is 15.0. The fourth-order valence-corrected chi connectivity index (χ4v) is 4.25. The number of nitrogens with one attached hydrogen (secondary N) is 2. The number of amides is 3. The number of fused-ring (bicyclic) bond motifs is 1. The lowest BCUT2D eigenvalue weighted by atomic mass is 9.92. The molecule has 178 valence electrons. The number of hydrogen-bond acceptors (Lipinski definition) is 4. The lowest BCUT2D eigenvalue weighted by molar-refractivity contribution is -0.125. The molecule has 0 radical (unpaired) electrons. The van der Waals surface area contributed by atoms with Crippen molar-refractivity contribution in [3.63, 3.8) is 0 Å². The second kappa shape index (κ2) is 11.5. The van der Waals surface area contributed by atoms with Gasteiger partial charge in [-0.2, -0.15) is 0 Å². The van der Waals surface area contributed by atoms with Crippen molar-refractivity contribution in [3.05, 3.63) is 34.9 Å². The number of carbonyl (C=O) groups excluding carboxylic acids is 3. The number of hydrogen-bond donors (Lipinski definition) is 2. The maximum absolute atomic E-state index is 12.9. The number of halogens is 2. The van der Waals surface area contributed by atoms with Crippen LogP contribution in [0.1, 0.15) is 80.8 Å². The molecule has 0 aromatic heterocycles. The van der Waals surface area contributed by atoms with Crippen LogP contribution < -0.4 is 10.6 Å². The van der Waals surface area contributed by atoms with Gasteiger partial charge in [0, 0.05) is 49.5 Å². The first kappa shape index (κ1) is 25.9. The number of rotatable bonds is 7. The molecule has 1 aliphatic heterocycles. The molecular formula is C24H35F2N3O3. The van der Waals surface area contributed by atoms with Crippen molar-refractivity contribution in [3.8, 4) is 0 Å². The smallest absolute Gasteiger partial charge is 0.254 e. The topological polar surface area (TPSA) is 78.5 Å². The van der Waals surface area contributed by atoms with E-state index in [1.165, 1.54) is 0 Å². The first-order valence-electron chi connectivity index (χ1n) is 11.3. The Labute approximate surface area is 189 Å². The van der Waals surface area contributed by atoms with Gasteiger partial charge >= 0.3 is 0 Å². The summed E-state index contributed by atoms with van der Waals surface area (Å²) in [7, 11) is 0. The molecule has 1 aromatic carbocycles. The molecule has 1 heterocycles. The predicted octanol–water partition coefficient (Wildman–Crippen LogP) is 3.95. The lowest BCUT2D eigenvalue weighted by Gasteiger charge is -2.30. The Morgan fingerprint density at radius 3 is 2.66 bits per heavy atom. The summed E-state index contributed by atoms with van der Waals surface area (Å²) in [5, 5.41) is 5.26. The normalized spacial score (nSPS) is 20.3. The van der Waals surface area contributed by atoms with Crippen LogP contribution in [0.3, 0.4) is 0 Å². The minimum Gasteiger partial charge on any atom is -0.332 e. The van der Waals surface area contributed by atoms with Crippen LogP contribution in [-0.2, 0) is 16.1 Å². The van der Waals surface area contributed by atoms with Crippen LogP contribution in [0.15, 0.2) is 18.2 Å². The standard InChI is InChI=1S/C15H18N2O3.C9H17F2N/c1-10-3-5-13-12(7-10)8-17(15(13)20)11(2)4-6-14(19)16-9-18;1-7(2)12-8-4-3-5-9(10,11)6-8/h3,5,7,9,11H,4,6,8H2,1-2H3,(H,16,18,19);7-8,12H,3-6H2,1-2H3. The zero-order valence-corrected chi connectivity index (χ0v) is 19.4. The fraction of sp³-hybridized carbons (Fsp3) is 0.625. The Hall–Kier alpha value is -2.35. The third-order valence-corrected chi connectivity index (χ3v) is 5.84. The average molecular weight is 452 g/mol. The maximum Gasteiger partial charge on any atom is 0.254 e. The molecule has 1 fully saturated rings. The highest BCUT2D eigenvalue weighted by molar-refractivity contribution is 5.98. The Kier molecular flexibility index (Phi) is 9.31. The number of nitrogens with zero attached hydrogens (tertiary/aromatic N) is 1. The monoisotopic (exact) mass is 451 g/mol. The molecule has 32 heavy (non-hydrogen) atoms. The van der Waals surface area contributed by atoms with Gasteiger partial charge in [-0.1, -0.05) is 31.5 Å². The molecule has 6 nitrogen and oxygen atoms in total. The van der Waals surface area contributed by atoms with Crippen molar-refractivity contribution < 1.29 is 23.2 Å². The molecule has 0 saturated heterocycles. The van der Waals surface area contributed by atoms with Gasteiger partial charge in [0.1, 0.15) is 0 Å². The van der Waals surface area contributed by atoms with Gasteiger partial charge in [0.2, 0.25) is 18.2 Å². The Morgan fingerprint density at radius 1 is 1.31 bits per heavy atom. The second-order valence-electron chi connectivity index (χ2n) is 9.14. The number of imide groups is 1. The van der Waals surface area contributed by atoms with E-state index >= 15 is 0 Å². The molecule has 1 aromatic rings. The Balaban J connectivity index is 0.000000258. The molecular weight excluding hydrogens is 416 g/mol. The molecule has 1 aliphatic carbocycles. The summed E-state index contributed by atoms with van der Waals surface area (Å²) in [4.78, 5) is 35.5. The summed E-state index contributed by atoms with van der Waals surface area (Å²) >= 11 is 0. The van der Waals surface area contributed by atoms with Gasteiger partial charge in [-0.15, -0.1) is 0 Å². The zero-order valence-electron chi connectivity index (χ0n) is 19.4. The van der Waals surface area contributed by atoms with Crippen molar-refractivity contribution in [1.29, 1.82) is 0 Å². The molecule has 2 atom stereocenters. The van der Waals surface area contributed by atoms with Gasteiger partial charge < -0.3 is 10.2 Å². The molecule has 3 rings (SSSR count). The van der Waals surface area contributed by atoms with Crippen LogP contribution in [0.2, 0.25) is 0 Å². The summed E-state index contributed by atoms with van der Waals surface area (Å²) in [6, 6.07) is 6.12. The van der Waals surface area contributed by atoms with Crippen molar-refractivity contribution >= 4 is 18.2 Å². The van der Waals surface area contributed by atoms with Gasteiger partial charge in [-0.05, 0) is 44.7 Å². The average Bonchev–Trinajstić information content (AvgIpc) is 3.01. The van der Waals surface area contributed by atoms with E-state index < -0.39 is 5.92 Å². The zero-order chi connectivity index (χ0) is 23.9. The van der Waals surface area contributed by atoms with E-state index in [4.69, 9.17) is 0 Å². The first-order valence-corrected chi connectivity index (χ1v) is 11.3. The van der Waals surface area contributed by atoms with Crippen LogP contribution in [0.5, 0.6) is 0 Å². The summed E-state index contributed by atoms with van der Waals surface area (Å²) in [5.74, 6) is -2.72. The highest BCUT2D eigenvalue weighted by atomic mass is 19.3. The Bertz CT molecular complexity index is 814. The summed E-state index contributed by atoms with van der Waals surface area (Å²) < 4.78 is 25.7. The van der Waals surface area contributed by atoms with Gasteiger partial charge in [0.25, 0.3) is 5.91 Å².